The molecule has 1 amide bonds. The number of aromatic nitrogens is 1. The molecule has 21 heavy (non-hydrogen) atoms. The molecule has 1 unspecified atom stereocenters. The van der Waals surface area contributed by atoms with Gasteiger partial charge in [-0.1, -0.05) is 0 Å². The summed E-state index contributed by atoms with van der Waals surface area (Å²) in [6, 6.07) is 4.36. The molecular weight excluding hydrogens is 266 g/mol. The molecule has 2 saturated heterocycles. The number of hydrogen-bond donors (Lipinski definition) is 1. The minimum Gasteiger partial charge on any atom is -0.376 e. The number of rotatable bonds is 4. The molecule has 5 nitrogen and oxygen atoms in total. The highest BCUT2D eigenvalue weighted by atomic mass is 16.5. The average Bonchev–Trinajstić information content (AvgIpc) is 3.18. The van der Waals surface area contributed by atoms with E-state index in [2.05, 4.69) is 9.88 Å². The average molecular weight is 291 g/mol. The van der Waals surface area contributed by atoms with Crippen molar-refractivity contribution < 1.29 is 9.53 Å². The van der Waals surface area contributed by atoms with E-state index in [1.807, 2.05) is 30.3 Å². The molecule has 0 aliphatic carbocycles. The smallest absolute Gasteiger partial charge is 0.270 e. The molecular formula is C16H25N3O2. The van der Waals surface area contributed by atoms with Gasteiger partial charge < -0.3 is 19.5 Å². The number of ether oxygens (including phenoxy) is 1. The van der Waals surface area contributed by atoms with Crippen molar-refractivity contribution in [2.45, 2.75) is 37.8 Å². The molecule has 0 radical (unpaired) electrons. The van der Waals surface area contributed by atoms with Gasteiger partial charge >= 0.3 is 0 Å². The van der Waals surface area contributed by atoms with Crippen molar-refractivity contribution >= 4 is 5.91 Å². The van der Waals surface area contributed by atoms with Crippen molar-refractivity contribution in [1.29, 1.82) is 0 Å². The second-order valence-electron chi connectivity index (χ2n) is 6.10. The van der Waals surface area contributed by atoms with E-state index in [4.69, 9.17) is 4.74 Å². The zero-order valence-corrected chi connectivity index (χ0v) is 12.8. The molecule has 1 N–H and O–H groups in total. The highest BCUT2D eigenvalue weighted by Crippen LogP contribution is 2.22. The van der Waals surface area contributed by atoms with E-state index in [0.29, 0.717) is 12.6 Å². The SMILES string of the molecule is CN(CC1CCCO1)C(=O)c1cccn1C1CCNCC1. The van der Waals surface area contributed by atoms with Crippen molar-refractivity contribution in [2.24, 2.45) is 0 Å². The van der Waals surface area contributed by atoms with Crippen molar-refractivity contribution in [1.82, 2.24) is 14.8 Å². The van der Waals surface area contributed by atoms with Crippen LogP contribution in [0, 0.1) is 0 Å². The molecule has 116 valence electrons. The van der Waals surface area contributed by atoms with Gasteiger partial charge in [0.1, 0.15) is 5.69 Å². The Hall–Kier alpha value is -1.33. The van der Waals surface area contributed by atoms with E-state index in [0.717, 1.165) is 51.1 Å². The molecule has 1 atom stereocenters. The summed E-state index contributed by atoms with van der Waals surface area (Å²) in [7, 11) is 1.88. The second kappa shape index (κ2) is 6.62. The molecule has 0 aromatic carbocycles. The van der Waals surface area contributed by atoms with Crippen LogP contribution in [0.2, 0.25) is 0 Å². The predicted octanol–water partition coefficient (Wildman–Crippen LogP) is 1.66. The largest absolute Gasteiger partial charge is 0.376 e. The van der Waals surface area contributed by atoms with Gasteiger partial charge in [-0.15, -0.1) is 0 Å². The van der Waals surface area contributed by atoms with Crippen LogP contribution in [0.1, 0.15) is 42.2 Å². The van der Waals surface area contributed by atoms with Gasteiger partial charge in [0.05, 0.1) is 6.10 Å². The lowest BCUT2D eigenvalue weighted by atomic mass is 10.1. The quantitative estimate of drug-likeness (QED) is 0.918. The Labute approximate surface area is 126 Å². The molecule has 2 aliphatic heterocycles. The third kappa shape index (κ3) is 3.30. The monoisotopic (exact) mass is 291 g/mol. The number of carbonyl (C=O) groups excluding carboxylic acids is 1. The van der Waals surface area contributed by atoms with Crippen LogP contribution in [0.3, 0.4) is 0 Å². The Kier molecular flexibility index (Phi) is 4.60. The van der Waals surface area contributed by atoms with Crippen LogP contribution in [-0.2, 0) is 4.74 Å². The summed E-state index contributed by atoms with van der Waals surface area (Å²) in [6.07, 6.45) is 6.60. The van der Waals surface area contributed by atoms with Crippen LogP contribution in [0.5, 0.6) is 0 Å². The zero-order valence-electron chi connectivity index (χ0n) is 12.8. The second-order valence-corrected chi connectivity index (χ2v) is 6.10. The molecule has 0 spiro atoms. The lowest BCUT2D eigenvalue weighted by Crippen LogP contribution is -2.36. The van der Waals surface area contributed by atoms with Crippen LogP contribution in [0.15, 0.2) is 18.3 Å². The number of likely N-dealkylation sites (N-methyl/N-ethyl adjacent to an activating group) is 1. The van der Waals surface area contributed by atoms with Gasteiger partial charge in [-0.3, -0.25) is 4.79 Å². The van der Waals surface area contributed by atoms with Gasteiger partial charge in [-0.25, -0.2) is 0 Å². The maximum Gasteiger partial charge on any atom is 0.270 e. The van der Waals surface area contributed by atoms with Crippen LogP contribution in [0.4, 0.5) is 0 Å². The number of nitrogens with one attached hydrogen (secondary N) is 1. The van der Waals surface area contributed by atoms with E-state index in [9.17, 15) is 4.79 Å². The Balaban J connectivity index is 1.67. The number of hydrogen-bond acceptors (Lipinski definition) is 3. The first-order valence-corrected chi connectivity index (χ1v) is 8.00. The fourth-order valence-corrected chi connectivity index (χ4v) is 3.35. The van der Waals surface area contributed by atoms with Crippen molar-refractivity contribution in [2.75, 3.05) is 33.3 Å². The minimum absolute atomic E-state index is 0.106. The Bertz CT molecular complexity index is 474. The maximum absolute atomic E-state index is 12.7. The Morgan fingerprint density at radius 3 is 2.95 bits per heavy atom. The summed E-state index contributed by atoms with van der Waals surface area (Å²) < 4.78 is 7.79. The van der Waals surface area contributed by atoms with Gasteiger partial charge in [-0.2, -0.15) is 0 Å². The number of piperidine rings is 1. The summed E-state index contributed by atoms with van der Waals surface area (Å²) in [5.41, 5.74) is 0.808. The molecule has 0 saturated carbocycles. The van der Waals surface area contributed by atoms with Crippen LogP contribution >= 0.6 is 0 Å². The highest BCUT2D eigenvalue weighted by Gasteiger charge is 2.24. The summed E-state index contributed by atoms with van der Waals surface area (Å²) >= 11 is 0. The van der Waals surface area contributed by atoms with Crippen LogP contribution in [-0.4, -0.2) is 54.8 Å². The summed E-state index contributed by atoms with van der Waals surface area (Å²) in [4.78, 5) is 14.5. The molecule has 0 bridgehead atoms. The first kappa shape index (κ1) is 14.6. The third-order valence-electron chi connectivity index (χ3n) is 4.55. The van der Waals surface area contributed by atoms with Gasteiger partial charge in [-0.05, 0) is 50.9 Å². The molecule has 3 heterocycles. The molecule has 1 aromatic rings. The van der Waals surface area contributed by atoms with E-state index in [1.54, 1.807) is 0 Å². The zero-order chi connectivity index (χ0) is 14.7. The number of carbonyl (C=O) groups is 1. The summed E-state index contributed by atoms with van der Waals surface area (Å²) in [5.74, 6) is 0.106. The lowest BCUT2D eigenvalue weighted by Gasteiger charge is -2.27. The number of amides is 1. The first-order chi connectivity index (χ1) is 10.3. The van der Waals surface area contributed by atoms with Crippen molar-refractivity contribution in [3.63, 3.8) is 0 Å². The molecule has 2 aliphatic rings. The predicted molar refractivity (Wildman–Crippen MR) is 81.5 cm³/mol. The van der Waals surface area contributed by atoms with Gasteiger partial charge in [0.25, 0.3) is 5.91 Å². The molecule has 5 heteroatoms. The Morgan fingerprint density at radius 1 is 1.43 bits per heavy atom. The standard InChI is InChI=1S/C16H25N3O2/c1-18(12-14-4-3-11-21-14)16(20)15-5-2-10-19(15)13-6-8-17-9-7-13/h2,5,10,13-14,17H,3-4,6-9,11-12H2,1H3. The van der Waals surface area contributed by atoms with Gasteiger partial charge in [0, 0.05) is 32.4 Å². The minimum atomic E-state index is 0.106. The first-order valence-electron chi connectivity index (χ1n) is 8.00. The highest BCUT2D eigenvalue weighted by molar-refractivity contribution is 5.92. The third-order valence-corrected chi connectivity index (χ3v) is 4.55. The van der Waals surface area contributed by atoms with Crippen molar-refractivity contribution in [3.05, 3.63) is 24.0 Å². The van der Waals surface area contributed by atoms with E-state index >= 15 is 0 Å². The topological polar surface area (TPSA) is 46.5 Å². The Morgan fingerprint density at radius 2 is 2.24 bits per heavy atom. The normalized spacial score (nSPS) is 23.4. The van der Waals surface area contributed by atoms with E-state index in [-0.39, 0.29) is 12.0 Å². The van der Waals surface area contributed by atoms with E-state index in [1.165, 1.54) is 0 Å². The summed E-state index contributed by atoms with van der Waals surface area (Å²) in [5, 5.41) is 3.37. The maximum atomic E-state index is 12.7. The fourth-order valence-electron chi connectivity index (χ4n) is 3.35. The lowest BCUT2D eigenvalue weighted by molar-refractivity contribution is 0.0576. The van der Waals surface area contributed by atoms with Crippen LogP contribution in [0.25, 0.3) is 0 Å². The number of nitrogens with zero attached hydrogens (tertiary/aromatic N) is 2. The van der Waals surface area contributed by atoms with E-state index < -0.39 is 0 Å². The van der Waals surface area contributed by atoms with Crippen LogP contribution < -0.4 is 5.32 Å². The molecule has 3 rings (SSSR count). The molecule has 1 aromatic heterocycles. The molecule has 2 fully saturated rings. The van der Waals surface area contributed by atoms with Gasteiger partial charge in [0.15, 0.2) is 0 Å². The van der Waals surface area contributed by atoms with Gasteiger partial charge in [0.2, 0.25) is 0 Å². The summed E-state index contributed by atoms with van der Waals surface area (Å²) in [6.45, 7) is 3.58. The fraction of sp³-hybridized carbons (Fsp3) is 0.688. The van der Waals surface area contributed by atoms with Crippen molar-refractivity contribution in [3.8, 4) is 0 Å².